The van der Waals surface area contributed by atoms with Gasteiger partial charge in [-0.3, -0.25) is 0 Å². The van der Waals surface area contributed by atoms with E-state index in [0.717, 1.165) is 37.5 Å². The molecule has 0 aliphatic carbocycles. The van der Waals surface area contributed by atoms with Gasteiger partial charge in [-0.2, -0.15) is 0 Å². The fraction of sp³-hybridized carbons (Fsp3) is 0.417. The van der Waals surface area contributed by atoms with E-state index < -0.39 is 0 Å². The van der Waals surface area contributed by atoms with Crippen LogP contribution in [0.15, 0.2) is 22.8 Å². The quantitative estimate of drug-likeness (QED) is 0.823. The zero-order chi connectivity index (χ0) is 11.0. The Bertz CT molecular complexity index is 485. The molecular weight excluding hydrogens is 202 g/mol. The molecule has 1 aliphatic heterocycles. The van der Waals surface area contributed by atoms with Crippen LogP contribution in [0.25, 0.3) is 0 Å². The number of nitrogens with one attached hydrogen (secondary N) is 1. The normalized spacial score (nSPS) is 15.1. The standard InChI is InChI=1S/C12H15N3O/c1-15-11-4-5-13-8-10(11)14-12(15)7-9-3-2-6-16-9/h2-3,6,13H,4-5,7-8H2,1H3. The summed E-state index contributed by atoms with van der Waals surface area (Å²) in [6.07, 6.45) is 3.55. The molecule has 0 amide bonds. The van der Waals surface area contributed by atoms with E-state index >= 15 is 0 Å². The molecule has 0 bridgehead atoms. The van der Waals surface area contributed by atoms with E-state index in [1.165, 1.54) is 11.4 Å². The van der Waals surface area contributed by atoms with E-state index in [-0.39, 0.29) is 0 Å². The number of nitrogens with zero attached hydrogens (tertiary/aromatic N) is 2. The van der Waals surface area contributed by atoms with Crippen LogP contribution in [0.5, 0.6) is 0 Å². The lowest BCUT2D eigenvalue weighted by atomic mass is 10.2. The van der Waals surface area contributed by atoms with Gasteiger partial charge in [0.05, 0.1) is 18.4 Å². The first-order chi connectivity index (χ1) is 7.84. The van der Waals surface area contributed by atoms with E-state index in [9.17, 15) is 0 Å². The summed E-state index contributed by atoms with van der Waals surface area (Å²) < 4.78 is 7.56. The van der Waals surface area contributed by atoms with Crippen LogP contribution in [0.4, 0.5) is 0 Å². The van der Waals surface area contributed by atoms with Gasteiger partial charge >= 0.3 is 0 Å². The second-order valence-electron chi connectivity index (χ2n) is 4.16. The number of rotatable bonds is 2. The predicted octanol–water partition coefficient (Wildman–Crippen LogP) is 1.25. The first kappa shape index (κ1) is 9.66. The Morgan fingerprint density at radius 1 is 1.56 bits per heavy atom. The van der Waals surface area contributed by atoms with Crippen LogP contribution >= 0.6 is 0 Å². The first-order valence-corrected chi connectivity index (χ1v) is 5.61. The average molecular weight is 217 g/mol. The Morgan fingerprint density at radius 3 is 3.25 bits per heavy atom. The van der Waals surface area contributed by atoms with E-state index in [2.05, 4.69) is 21.9 Å². The molecule has 0 radical (unpaired) electrons. The lowest BCUT2D eigenvalue weighted by molar-refractivity contribution is 0.514. The third kappa shape index (κ3) is 1.55. The minimum atomic E-state index is 0.774. The molecule has 4 heteroatoms. The van der Waals surface area contributed by atoms with Crippen LogP contribution in [0.1, 0.15) is 23.0 Å². The minimum absolute atomic E-state index is 0.774. The SMILES string of the molecule is Cn1c(Cc2ccco2)nc2c1CCNC2. The molecule has 0 aromatic carbocycles. The van der Waals surface area contributed by atoms with Gasteiger partial charge in [0.15, 0.2) is 0 Å². The van der Waals surface area contributed by atoms with E-state index in [1.54, 1.807) is 6.26 Å². The molecule has 16 heavy (non-hydrogen) atoms. The second kappa shape index (κ2) is 3.79. The molecule has 84 valence electrons. The Hall–Kier alpha value is -1.55. The summed E-state index contributed by atoms with van der Waals surface area (Å²) in [6.45, 7) is 1.94. The topological polar surface area (TPSA) is 43.0 Å². The molecule has 0 unspecified atom stereocenters. The van der Waals surface area contributed by atoms with Gasteiger partial charge in [0.25, 0.3) is 0 Å². The van der Waals surface area contributed by atoms with Crippen molar-refractivity contribution in [2.75, 3.05) is 6.54 Å². The molecule has 3 rings (SSSR count). The number of furan rings is 1. The molecule has 0 atom stereocenters. The molecule has 0 fully saturated rings. The number of hydrogen-bond donors (Lipinski definition) is 1. The summed E-state index contributed by atoms with van der Waals surface area (Å²) in [6, 6.07) is 3.91. The molecule has 0 saturated carbocycles. The van der Waals surface area contributed by atoms with Gasteiger partial charge in [0, 0.05) is 32.3 Å². The summed E-state index contributed by atoms with van der Waals surface area (Å²) >= 11 is 0. The molecule has 0 saturated heterocycles. The first-order valence-electron chi connectivity index (χ1n) is 5.61. The summed E-state index contributed by atoms with van der Waals surface area (Å²) in [4.78, 5) is 4.67. The minimum Gasteiger partial charge on any atom is -0.469 e. The van der Waals surface area contributed by atoms with Gasteiger partial charge in [-0.05, 0) is 12.1 Å². The van der Waals surface area contributed by atoms with E-state index in [0.29, 0.717) is 0 Å². The summed E-state index contributed by atoms with van der Waals surface area (Å²) in [5.74, 6) is 2.06. The van der Waals surface area contributed by atoms with Crippen LogP contribution in [-0.4, -0.2) is 16.1 Å². The zero-order valence-corrected chi connectivity index (χ0v) is 9.36. The highest BCUT2D eigenvalue weighted by molar-refractivity contribution is 5.22. The Morgan fingerprint density at radius 2 is 2.50 bits per heavy atom. The van der Waals surface area contributed by atoms with Gasteiger partial charge in [-0.15, -0.1) is 0 Å². The molecule has 2 aromatic heterocycles. The molecule has 1 aliphatic rings. The molecule has 0 spiro atoms. The van der Waals surface area contributed by atoms with Crippen molar-refractivity contribution in [2.24, 2.45) is 7.05 Å². The van der Waals surface area contributed by atoms with Crippen molar-refractivity contribution in [3.8, 4) is 0 Å². The Labute approximate surface area is 94.3 Å². The maximum absolute atomic E-state index is 5.36. The van der Waals surface area contributed by atoms with E-state index in [4.69, 9.17) is 4.42 Å². The average Bonchev–Trinajstić information content (AvgIpc) is 2.90. The van der Waals surface area contributed by atoms with Gasteiger partial charge in [-0.25, -0.2) is 4.98 Å². The van der Waals surface area contributed by atoms with Crippen LogP contribution in [-0.2, 0) is 26.4 Å². The van der Waals surface area contributed by atoms with Gasteiger partial charge < -0.3 is 14.3 Å². The number of aromatic nitrogens is 2. The second-order valence-corrected chi connectivity index (χ2v) is 4.16. The molecular formula is C12H15N3O. The van der Waals surface area contributed by atoms with Crippen molar-refractivity contribution >= 4 is 0 Å². The highest BCUT2D eigenvalue weighted by Crippen LogP contribution is 2.17. The largest absolute Gasteiger partial charge is 0.469 e. The Balaban J connectivity index is 1.93. The van der Waals surface area contributed by atoms with Crippen molar-refractivity contribution < 1.29 is 4.42 Å². The third-order valence-corrected chi connectivity index (χ3v) is 3.13. The molecule has 1 N–H and O–H groups in total. The molecule has 3 heterocycles. The van der Waals surface area contributed by atoms with Gasteiger partial charge in [-0.1, -0.05) is 0 Å². The molecule has 2 aromatic rings. The fourth-order valence-electron chi connectivity index (χ4n) is 2.24. The number of fused-ring (bicyclic) bond motifs is 1. The summed E-state index contributed by atoms with van der Waals surface area (Å²) in [5.41, 5.74) is 2.55. The smallest absolute Gasteiger partial charge is 0.116 e. The molecule has 4 nitrogen and oxygen atoms in total. The van der Waals surface area contributed by atoms with Crippen LogP contribution in [0, 0.1) is 0 Å². The number of imidazole rings is 1. The Kier molecular flexibility index (Phi) is 2.29. The highest BCUT2D eigenvalue weighted by atomic mass is 16.3. The highest BCUT2D eigenvalue weighted by Gasteiger charge is 2.17. The van der Waals surface area contributed by atoms with Crippen molar-refractivity contribution in [3.05, 3.63) is 41.4 Å². The number of hydrogen-bond acceptors (Lipinski definition) is 3. The van der Waals surface area contributed by atoms with Crippen LogP contribution < -0.4 is 5.32 Å². The predicted molar refractivity (Wildman–Crippen MR) is 60.1 cm³/mol. The lowest BCUT2D eigenvalue weighted by Gasteiger charge is -2.12. The van der Waals surface area contributed by atoms with Crippen molar-refractivity contribution in [1.29, 1.82) is 0 Å². The lowest BCUT2D eigenvalue weighted by Crippen LogP contribution is -2.24. The monoisotopic (exact) mass is 217 g/mol. The van der Waals surface area contributed by atoms with Gasteiger partial charge in [0.2, 0.25) is 0 Å². The maximum Gasteiger partial charge on any atom is 0.116 e. The summed E-state index contributed by atoms with van der Waals surface area (Å²) in [5, 5.41) is 3.34. The fourth-order valence-corrected chi connectivity index (χ4v) is 2.24. The maximum atomic E-state index is 5.36. The summed E-state index contributed by atoms with van der Waals surface area (Å²) in [7, 11) is 2.09. The van der Waals surface area contributed by atoms with Gasteiger partial charge in [0.1, 0.15) is 11.6 Å². The van der Waals surface area contributed by atoms with Crippen LogP contribution in [0.2, 0.25) is 0 Å². The van der Waals surface area contributed by atoms with E-state index in [1.807, 2.05) is 12.1 Å². The third-order valence-electron chi connectivity index (χ3n) is 3.13. The van der Waals surface area contributed by atoms with Crippen molar-refractivity contribution in [3.63, 3.8) is 0 Å². The van der Waals surface area contributed by atoms with Crippen molar-refractivity contribution in [1.82, 2.24) is 14.9 Å². The zero-order valence-electron chi connectivity index (χ0n) is 9.36. The van der Waals surface area contributed by atoms with Crippen molar-refractivity contribution in [2.45, 2.75) is 19.4 Å². The van der Waals surface area contributed by atoms with Crippen LogP contribution in [0.3, 0.4) is 0 Å².